The number of amides is 1. The van der Waals surface area contributed by atoms with E-state index in [1.807, 2.05) is 30.3 Å². The van der Waals surface area contributed by atoms with Gasteiger partial charge in [-0.2, -0.15) is 0 Å². The zero-order valence-electron chi connectivity index (χ0n) is 11.7. The van der Waals surface area contributed by atoms with Gasteiger partial charge in [-0.05, 0) is 24.3 Å². The number of carbonyl (C=O) groups is 1. The van der Waals surface area contributed by atoms with E-state index >= 15 is 0 Å². The predicted molar refractivity (Wildman–Crippen MR) is 83.7 cm³/mol. The molecule has 0 saturated carbocycles. The number of carbonyl (C=O) groups excluding carboxylic acids is 1. The fraction of sp³-hybridized carbons (Fsp3) is 0.188. The van der Waals surface area contributed by atoms with Crippen LogP contribution in [-0.2, 0) is 11.3 Å². The Morgan fingerprint density at radius 1 is 1.24 bits per heavy atom. The molecule has 110 valence electrons. The minimum Gasteiger partial charge on any atom is -0.508 e. The summed E-state index contributed by atoms with van der Waals surface area (Å²) in [4.78, 5) is 12.7. The number of phenolic OH excluding ortho intramolecular Hbond substituents is 1. The van der Waals surface area contributed by atoms with E-state index in [-0.39, 0.29) is 11.7 Å². The van der Waals surface area contributed by atoms with Crippen LogP contribution in [-0.4, -0.2) is 23.9 Å². The lowest BCUT2D eigenvalue weighted by Gasteiger charge is -2.09. The molecule has 0 heterocycles. The summed E-state index contributed by atoms with van der Waals surface area (Å²) < 4.78 is 5.24. The third kappa shape index (κ3) is 4.72. The van der Waals surface area contributed by atoms with E-state index in [4.69, 9.17) is 4.74 Å². The van der Waals surface area contributed by atoms with Gasteiger partial charge in [0.25, 0.3) is 0 Å². The number of hydrogen-bond donors (Lipinski definition) is 2. The van der Waals surface area contributed by atoms with Crippen molar-refractivity contribution in [1.29, 1.82) is 0 Å². The molecule has 0 bridgehead atoms. The number of hydrogen-bond acceptors (Lipinski definition) is 4. The first-order valence-electron chi connectivity index (χ1n) is 6.49. The molecule has 1 amide bonds. The first-order valence-corrected chi connectivity index (χ1v) is 7.48. The molecular weight excluding hydrogens is 286 g/mol. The average Bonchev–Trinajstić information content (AvgIpc) is 2.51. The van der Waals surface area contributed by atoms with Gasteiger partial charge in [-0.15, -0.1) is 11.8 Å². The zero-order chi connectivity index (χ0) is 15.1. The SMILES string of the molecule is COc1ccccc1CNC(=O)CSc1cccc(O)c1. The van der Waals surface area contributed by atoms with Crippen LogP contribution < -0.4 is 10.1 Å². The second kappa shape index (κ2) is 7.59. The molecule has 0 aliphatic heterocycles. The van der Waals surface area contributed by atoms with Crippen molar-refractivity contribution in [3.8, 4) is 11.5 Å². The number of phenols is 1. The summed E-state index contributed by atoms with van der Waals surface area (Å²) in [6, 6.07) is 14.4. The van der Waals surface area contributed by atoms with Crippen LogP contribution in [0.3, 0.4) is 0 Å². The Hall–Kier alpha value is -2.14. The van der Waals surface area contributed by atoms with E-state index in [1.165, 1.54) is 11.8 Å². The van der Waals surface area contributed by atoms with Gasteiger partial charge in [0.1, 0.15) is 11.5 Å². The number of para-hydroxylation sites is 1. The van der Waals surface area contributed by atoms with E-state index in [0.29, 0.717) is 12.3 Å². The molecule has 21 heavy (non-hydrogen) atoms. The second-order valence-corrected chi connectivity index (χ2v) is 5.42. The molecule has 0 fully saturated rings. The maximum atomic E-state index is 11.8. The Morgan fingerprint density at radius 3 is 2.81 bits per heavy atom. The summed E-state index contributed by atoms with van der Waals surface area (Å²) in [5.41, 5.74) is 0.940. The normalized spacial score (nSPS) is 10.1. The molecule has 0 unspecified atom stereocenters. The van der Waals surface area contributed by atoms with Gasteiger partial charge in [-0.1, -0.05) is 24.3 Å². The summed E-state index contributed by atoms with van der Waals surface area (Å²) in [6.07, 6.45) is 0. The molecule has 2 aromatic carbocycles. The van der Waals surface area contributed by atoms with Crippen LogP contribution in [0.25, 0.3) is 0 Å². The van der Waals surface area contributed by atoms with Gasteiger partial charge < -0.3 is 15.2 Å². The molecule has 2 N–H and O–H groups in total. The minimum absolute atomic E-state index is 0.0609. The van der Waals surface area contributed by atoms with Crippen LogP contribution in [0.1, 0.15) is 5.56 Å². The van der Waals surface area contributed by atoms with Crippen molar-refractivity contribution in [2.45, 2.75) is 11.4 Å². The highest BCUT2D eigenvalue weighted by Crippen LogP contribution is 2.22. The van der Waals surface area contributed by atoms with E-state index in [1.54, 1.807) is 25.3 Å². The molecular formula is C16H17NO3S. The van der Waals surface area contributed by atoms with Gasteiger partial charge in [0.15, 0.2) is 0 Å². The summed E-state index contributed by atoms with van der Waals surface area (Å²) in [5.74, 6) is 1.21. The maximum Gasteiger partial charge on any atom is 0.230 e. The van der Waals surface area contributed by atoms with E-state index in [0.717, 1.165) is 16.2 Å². The maximum absolute atomic E-state index is 11.8. The van der Waals surface area contributed by atoms with Crippen molar-refractivity contribution in [3.05, 3.63) is 54.1 Å². The lowest BCUT2D eigenvalue weighted by atomic mass is 10.2. The third-order valence-corrected chi connectivity index (χ3v) is 3.85. The lowest BCUT2D eigenvalue weighted by Crippen LogP contribution is -2.24. The van der Waals surface area contributed by atoms with Crippen LogP contribution in [0.15, 0.2) is 53.4 Å². The van der Waals surface area contributed by atoms with Gasteiger partial charge in [0.2, 0.25) is 5.91 Å². The monoisotopic (exact) mass is 303 g/mol. The molecule has 0 radical (unpaired) electrons. The summed E-state index contributed by atoms with van der Waals surface area (Å²) in [6.45, 7) is 0.434. The predicted octanol–water partition coefficient (Wildman–Crippen LogP) is 2.81. The first-order chi connectivity index (χ1) is 10.2. The van der Waals surface area contributed by atoms with Crippen LogP contribution >= 0.6 is 11.8 Å². The summed E-state index contributed by atoms with van der Waals surface area (Å²) >= 11 is 1.38. The van der Waals surface area contributed by atoms with E-state index in [2.05, 4.69) is 5.32 Å². The van der Waals surface area contributed by atoms with E-state index < -0.39 is 0 Å². The quantitative estimate of drug-likeness (QED) is 0.806. The molecule has 0 atom stereocenters. The van der Waals surface area contributed by atoms with Crippen molar-refractivity contribution in [2.75, 3.05) is 12.9 Å². The van der Waals surface area contributed by atoms with Gasteiger partial charge in [-0.3, -0.25) is 4.79 Å². The molecule has 0 aromatic heterocycles. The molecule has 0 aliphatic carbocycles. The van der Waals surface area contributed by atoms with Gasteiger partial charge in [0, 0.05) is 17.0 Å². The minimum atomic E-state index is -0.0609. The lowest BCUT2D eigenvalue weighted by molar-refractivity contribution is -0.118. The van der Waals surface area contributed by atoms with Crippen LogP contribution in [0.5, 0.6) is 11.5 Å². The Balaban J connectivity index is 1.82. The Labute approximate surface area is 128 Å². The highest BCUT2D eigenvalue weighted by molar-refractivity contribution is 8.00. The molecule has 0 saturated heterocycles. The highest BCUT2D eigenvalue weighted by atomic mass is 32.2. The van der Waals surface area contributed by atoms with Crippen molar-refractivity contribution in [3.63, 3.8) is 0 Å². The molecule has 2 rings (SSSR count). The number of thioether (sulfide) groups is 1. The number of rotatable bonds is 6. The molecule has 0 spiro atoms. The number of aromatic hydroxyl groups is 1. The number of methoxy groups -OCH3 is 1. The molecule has 0 aliphatic rings. The fourth-order valence-electron chi connectivity index (χ4n) is 1.82. The number of benzene rings is 2. The van der Waals surface area contributed by atoms with Gasteiger partial charge in [-0.25, -0.2) is 0 Å². The van der Waals surface area contributed by atoms with Crippen molar-refractivity contribution in [1.82, 2.24) is 5.32 Å². The Morgan fingerprint density at radius 2 is 2.05 bits per heavy atom. The second-order valence-electron chi connectivity index (χ2n) is 4.37. The molecule has 4 nitrogen and oxygen atoms in total. The summed E-state index contributed by atoms with van der Waals surface area (Å²) in [7, 11) is 1.61. The van der Waals surface area contributed by atoms with Gasteiger partial charge >= 0.3 is 0 Å². The standard InChI is InChI=1S/C16H17NO3S/c1-20-15-8-3-2-5-12(15)10-17-16(19)11-21-14-7-4-6-13(18)9-14/h2-9,18H,10-11H2,1H3,(H,17,19). The first kappa shape index (κ1) is 15.3. The fourth-order valence-corrected chi connectivity index (χ4v) is 2.59. The topological polar surface area (TPSA) is 58.6 Å². The van der Waals surface area contributed by atoms with Crippen LogP contribution in [0, 0.1) is 0 Å². The van der Waals surface area contributed by atoms with Crippen molar-refractivity contribution >= 4 is 17.7 Å². The number of nitrogens with one attached hydrogen (secondary N) is 1. The van der Waals surface area contributed by atoms with Crippen LogP contribution in [0.2, 0.25) is 0 Å². The largest absolute Gasteiger partial charge is 0.508 e. The highest BCUT2D eigenvalue weighted by Gasteiger charge is 2.06. The van der Waals surface area contributed by atoms with Crippen molar-refractivity contribution in [2.24, 2.45) is 0 Å². The summed E-state index contributed by atoms with van der Waals surface area (Å²) in [5, 5.41) is 12.2. The third-order valence-electron chi connectivity index (χ3n) is 2.86. The number of ether oxygens (including phenoxy) is 1. The van der Waals surface area contributed by atoms with E-state index in [9.17, 15) is 9.90 Å². The van der Waals surface area contributed by atoms with Gasteiger partial charge in [0.05, 0.1) is 12.9 Å². The Bertz CT molecular complexity index is 616. The smallest absolute Gasteiger partial charge is 0.230 e. The van der Waals surface area contributed by atoms with Crippen molar-refractivity contribution < 1.29 is 14.6 Å². The Kier molecular flexibility index (Phi) is 5.51. The molecule has 2 aromatic rings. The molecule has 5 heteroatoms. The van der Waals surface area contributed by atoms with Crippen LogP contribution in [0.4, 0.5) is 0 Å². The zero-order valence-corrected chi connectivity index (χ0v) is 12.5. The average molecular weight is 303 g/mol.